The SMILES string of the molecule is FC(C(F)(F)F)C(F)(F)C1COCC(C(F)(C(F)N2CCC(C(F)(F)F)CC2)C(F)(F)F)OO1. The molecule has 0 aliphatic carbocycles. The second-order valence-corrected chi connectivity index (χ2v) is 7.74. The fourth-order valence-electron chi connectivity index (χ4n) is 3.41. The third kappa shape index (κ3) is 5.80. The summed E-state index contributed by atoms with van der Waals surface area (Å²) in [5.74, 6) is -7.44. The lowest BCUT2D eigenvalue weighted by atomic mass is 9.91. The number of nitrogens with zero attached hydrogens (tertiary/aromatic N) is 1. The van der Waals surface area contributed by atoms with E-state index >= 15 is 4.39 Å². The number of likely N-dealkylation sites (tertiary alicyclic amines) is 1. The molecule has 2 fully saturated rings. The van der Waals surface area contributed by atoms with E-state index in [0.29, 0.717) is 0 Å². The van der Waals surface area contributed by atoms with Gasteiger partial charge < -0.3 is 4.74 Å². The quantitative estimate of drug-likeness (QED) is 0.278. The molecule has 0 aromatic heterocycles. The molecule has 4 nitrogen and oxygen atoms in total. The van der Waals surface area contributed by atoms with E-state index < -0.39 is 99.9 Å². The Balaban J connectivity index is 2.21. The molecular formula is C16H17F14NO3. The van der Waals surface area contributed by atoms with Crippen molar-refractivity contribution in [3.63, 3.8) is 0 Å². The van der Waals surface area contributed by atoms with Crippen LogP contribution in [0.2, 0.25) is 0 Å². The predicted octanol–water partition coefficient (Wildman–Crippen LogP) is 5.08. The van der Waals surface area contributed by atoms with Gasteiger partial charge in [0.25, 0.3) is 11.8 Å². The molecule has 5 atom stereocenters. The van der Waals surface area contributed by atoms with E-state index in [4.69, 9.17) is 0 Å². The Morgan fingerprint density at radius 1 is 0.706 bits per heavy atom. The van der Waals surface area contributed by atoms with Crippen molar-refractivity contribution in [3.8, 4) is 0 Å². The molecular weight excluding hydrogens is 520 g/mol. The van der Waals surface area contributed by atoms with Crippen LogP contribution < -0.4 is 0 Å². The predicted molar refractivity (Wildman–Crippen MR) is 81.6 cm³/mol. The molecule has 5 unspecified atom stereocenters. The van der Waals surface area contributed by atoms with Crippen molar-refractivity contribution >= 4 is 0 Å². The van der Waals surface area contributed by atoms with Gasteiger partial charge >= 0.3 is 24.5 Å². The molecule has 0 saturated carbocycles. The molecule has 2 heterocycles. The summed E-state index contributed by atoms with van der Waals surface area (Å²) in [4.78, 5) is 7.69. The average molecular weight is 537 g/mol. The molecule has 2 aliphatic rings. The Labute approximate surface area is 182 Å². The molecule has 0 bridgehead atoms. The summed E-state index contributed by atoms with van der Waals surface area (Å²) in [6.07, 6.45) is -33.9. The van der Waals surface area contributed by atoms with Crippen LogP contribution in [0.3, 0.4) is 0 Å². The maximum absolute atomic E-state index is 15.2. The summed E-state index contributed by atoms with van der Waals surface area (Å²) in [7, 11) is 0. The highest BCUT2D eigenvalue weighted by Gasteiger charge is 2.70. The van der Waals surface area contributed by atoms with Crippen LogP contribution in [0, 0.1) is 5.92 Å². The van der Waals surface area contributed by atoms with E-state index in [1.54, 1.807) is 0 Å². The highest BCUT2D eigenvalue weighted by molar-refractivity contribution is 5.02. The summed E-state index contributed by atoms with van der Waals surface area (Å²) in [6.45, 7) is -5.32. The largest absolute Gasteiger partial charge is 0.429 e. The van der Waals surface area contributed by atoms with Gasteiger partial charge in [-0.25, -0.2) is 22.9 Å². The molecule has 0 radical (unpaired) electrons. The highest BCUT2D eigenvalue weighted by Crippen LogP contribution is 2.46. The molecule has 2 rings (SSSR count). The molecule has 0 spiro atoms. The lowest BCUT2D eigenvalue weighted by molar-refractivity contribution is -0.419. The number of piperidine rings is 1. The number of halogens is 14. The fourth-order valence-corrected chi connectivity index (χ4v) is 3.41. The van der Waals surface area contributed by atoms with E-state index in [2.05, 4.69) is 14.5 Å². The van der Waals surface area contributed by atoms with E-state index in [9.17, 15) is 57.1 Å². The summed E-state index contributed by atoms with van der Waals surface area (Å²) in [6, 6.07) is 0. The van der Waals surface area contributed by atoms with Gasteiger partial charge in [-0.1, -0.05) is 0 Å². The molecule has 2 saturated heterocycles. The molecule has 0 amide bonds. The van der Waals surface area contributed by atoms with Crippen molar-refractivity contribution in [2.75, 3.05) is 26.3 Å². The van der Waals surface area contributed by atoms with Gasteiger partial charge in [0.2, 0.25) is 0 Å². The topological polar surface area (TPSA) is 30.9 Å². The van der Waals surface area contributed by atoms with Crippen LogP contribution >= 0.6 is 0 Å². The fraction of sp³-hybridized carbons (Fsp3) is 1.00. The molecule has 0 aromatic carbocycles. The minimum atomic E-state index is -6.18. The van der Waals surface area contributed by atoms with Crippen LogP contribution in [0.4, 0.5) is 61.5 Å². The van der Waals surface area contributed by atoms with Crippen LogP contribution in [0.15, 0.2) is 0 Å². The smallest absolute Gasteiger partial charge is 0.375 e. The third-order valence-corrected chi connectivity index (χ3v) is 5.44. The Morgan fingerprint density at radius 2 is 1.18 bits per heavy atom. The minimum Gasteiger partial charge on any atom is -0.375 e. The summed E-state index contributed by atoms with van der Waals surface area (Å²) < 4.78 is 191. The van der Waals surface area contributed by atoms with Crippen molar-refractivity contribution in [2.45, 2.75) is 67.6 Å². The first-order valence-electron chi connectivity index (χ1n) is 9.43. The van der Waals surface area contributed by atoms with Gasteiger partial charge in [-0.2, -0.15) is 48.3 Å². The first kappa shape index (κ1) is 29.1. The molecule has 202 valence electrons. The summed E-state index contributed by atoms with van der Waals surface area (Å²) >= 11 is 0. The zero-order valence-electron chi connectivity index (χ0n) is 16.6. The summed E-state index contributed by atoms with van der Waals surface area (Å²) in [5, 5.41) is 0. The number of hydrogen-bond donors (Lipinski definition) is 0. The number of rotatable bonds is 5. The Morgan fingerprint density at radius 3 is 1.62 bits per heavy atom. The molecule has 2 aliphatic heterocycles. The average Bonchev–Trinajstić information content (AvgIpc) is 2.97. The van der Waals surface area contributed by atoms with Crippen LogP contribution in [0.1, 0.15) is 12.8 Å². The van der Waals surface area contributed by atoms with E-state index in [1.165, 1.54) is 0 Å². The van der Waals surface area contributed by atoms with Crippen LogP contribution in [0.25, 0.3) is 0 Å². The van der Waals surface area contributed by atoms with Crippen LogP contribution in [-0.4, -0.2) is 86.0 Å². The lowest BCUT2D eigenvalue weighted by Gasteiger charge is -2.42. The van der Waals surface area contributed by atoms with Gasteiger partial charge in [0, 0.05) is 13.1 Å². The molecule has 34 heavy (non-hydrogen) atoms. The van der Waals surface area contributed by atoms with Crippen molar-refractivity contribution in [1.82, 2.24) is 4.90 Å². The summed E-state index contributed by atoms with van der Waals surface area (Å²) in [5.41, 5.74) is -5.14. The maximum atomic E-state index is 15.2. The van der Waals surface area contributed by atoms with E-state index in [-0.39, 0.29) is 4.90 Å². The maximum Gasteiger partial charge on any atom is 0.429 e. The lowest BCUT2D eigenvalue weighted by Crippen LogP contribution is -2.65. The number of hydrogen-bond acceptors (Lipinski definition) is 4. The zero-order valence-corrected chi connectivity index (χ0v) is 16.6. The molecule has 0 N–H and O–H groups in total. The molecule has 0 aromatic rings. The third-order valence-electron chi connectivity index (χ3n) is 5.44. The van der Waals surface area contributed by atoms with Gasteiger partial charge in [0.15, 0.2) is 18.5 Å². The Bertz CT molecular complexity index is 675. The van der Waals surface area contributed by atoms with Crippen LogP contribution in [0.5, 0.6) is 0 Å². The van der Waals surface area contributed by atoms with Crippen molar-refractivity contribution in [3.05, 3.63) is 0 Å². The van der Waals surface area contributed by atoms with Crippen molar-refractivity contribution in [1.29, 1.82) is 0 Å². The number of alkyl halides is 14. The standard InChI is InChI=1S/C16H17F14NO3/c17-10(15(25,26)27)13(20,21)9-6-32-5-8(33-34-9)12(19,16(28,29)30)11(18)31-3-1-7(2-4-31)14(22,23)24/h7-11H,1-6H2. The monoisotopic (exact) mass is 537 g/mol. The van der Waals surface area contributed by atoms with Gasteiger partial charge in [-0.15, -0.1) is 0 Å². The van der Waals surface area contributed by atoms with Gasteiger partial charge in [0.1, 0.15) is 0 Å². The van der Waals surface area contributed by atoms with Gasteiger partial charge in [0.05, 0.1) is 19.1 Å². The van der Waals surface area contributed by atoms with E-state index in [0.717, 1.165) is 0 Å². The Kier molecular flexibility index (Phi) is 8.32. The van der Waals surface area contributed by atoms with Gasteiger partial charge in [-0.3, -0.25) is 4.90 Å². The van der Waals surface area contributed by atoms with Crippen molar-refractivity contribution in [2.24, 2.45) is 5.92 Å². The van der Waals surface area contributed by atoms with Crippen molar-refractivity contribution < 1.29 is 76.0 Å². The Hall–Kier alpha value is -1.14. The second kappa shape index (κ2) is 9.72. The second-order valence-electron chi connectivity index (χ2n) is 7.74. The zero-order chi connectivity index (χ0) is 26.3. The normalized spacial score (nSPS) is 28.8. The van der Waals surface area contributed by atoms with Crippen LogP contribution in [-0.2, 0) is 14.5 Å². The first-order chi connectivity index (χ1) is 15.2. The van der Waals surface area contributed by atoms with E-state index in [1.807, 2.05) is 0 Å². The minimum absolute atomic E-state index is 0.0807. The molecule has 18 heteroatoms. The number of ether oxygens (including phenoxy) is 1. The highest BCUT2D eigenvalue weighted by atomic mass is 19.4. The van der Waals surface area contributed by atoms with Gasteiger partial charge in [-0.05, 0) is 12.8 Å². The first-order valence-corrected chi connectivity index (χ1v) is 9.43.